The third-order valence-corrected chi connectivity index (χ3v) is 3.15. The van der Waals surface area contributed by atoms with E-state index >= 15 is 0 Å². The summed E-state index contributed by atoms with van der Waals surface area (Å²) in [6.45, 7) is 3.75. The summed E-state index contributed by atoms with van der Waals surface area (Å²) >= 11 is 0. The maximum absolute atomic E-state index is 13.2. The van der Waals surface area contributed by atoms with Crippen LogP contribution in [0.15, 0.2) is 47.6 Å². The minimum Gasteiger partial charge on any atom is -0.457 e. The quantitative estimate of drug-likeness (QED) is 0.760. The van der Waals surface area contributed by atoms with Gasteiger partial charge in [0.05, 0.1) is 0 Å². The molecule has 0 atom stereocenters. The smallest absolute Gasteiger partial charge is 0.316 e. The zero-order valence-corrected chi connectivity index (χ0v) is 13.0. The minimum absolute atomic E-state index is 0.0577. The van der Waals surface area contributed by atoms with Gasteiger partial charge in [0.2, 0.25) is 0 Å². The predicted octanol–water partition coefficient (Wildman–Crippen LogP) is 3.85. The van der Waals surface area contributed by atoms with E-state index in [-0.39, 0.29) is 18.4 Å². The van der Waals surface area contributed by atoms with Crippen molar-refractivity contribution in [3.63, 3.8) is 0 Å². The van der Waals surface area contributed by atoms with E-state index in [2.05, 4.69) is 20.4 Å². The van der Waals surface area contributed by atoms with Crippen molar-refractivity contribution in [3.8, 4) is 6.01 Å². The van der Waals surface area contributed by atoms with Crippen LogP contribution in [0.2, 0.25) is 0 Å². The second-order valence-electron chi connectivity index (χ2n) is 4.87. The van der Waals surface area contributed by atoms with Crippen LogP contribution in [-0.2, 0) is 6.42 Å². The molecular formula is C16H18FN5O. The second kappa shape index (κ2) is 7.98. The highest BCUT2D eigenvalue weighted by molar-refractivity contribution is 5.48. The molecule has 0 saturated carbocycles. The molecular weight excluding hydrogens is 297 g/mol. The number of aryl methyl sites for hydroxylation is 2. The van der Waals surface area contributed by atoms with Crippen molar-refractivity contribution in [2.45, 2.75) is 20.3 Å². The van der Waals surface area contributed by atoms with Gasteiger partial charge in [-0.1, -0.05) is 6.92 Å². The van der Waals surface area contributed by atoms with Gasteiger partial charge in [0.25, 0.3) is 0 Å². The molecule has 23 heavy (non-hydrogen) atoms. The summed E-state index contributed by atoms with van der Waals surface area (Å²) in [6, 6.07) is 4.88. The van der Waals surface area contributed by atoms with E-state index in [0.29, 0.717) is 16.9 Å². The van der Waals surface area contributed by atoms with Gasteiger partial charge in [-0.2, -0.15) is 5.11 Å². The van der Waals surface area contributed by atoms with Crippen LogP contribution in [0, 0.1) is 18.3 Å². The number of anilines is 1. The summed E-state index contributed by atoms with van der Waals surface area (Å²) < 4.78 is 18.6. The van der Waals surface area contributed by atoms with Gasteiger partial charge in [-0.3, -0.25) is 0 Å². The Morgan fingerprint density at radius 2 is 2.13 bits per heavy atom. The van der Waals surface area contributed by atoms with E-state index in [1.165, 1.54) is 12.3 Å². The Labute approximate surface area is 133 Å². The molecule has 6 nitrogen and oxygen atoms in total. The second-order valence-corrected chi connectivity index (χ2v) is 4.87. The first kappa shape index (κ1) is 16.5. The molecule has 0 unspecified atom stereocenters. The highest BCUT2D eigenvalue weighted by atomic mass is 19.1. The van der Waals surface area contributed by atoms with Gasteiger partial charge < -0.3 is 10.1 Å². The van der Waals surface area contributed by atoms with Crippen LogP contribution < -0.4 is 10.1 Å². The lowest BCUT2D eigenvalue weighted by Gasteiger charge is -2.06. The van der Waals surface area contributed by atoms with Crippen molar-refractivity contribution in [2.75, 3.05) is 11.9 Å². The van der Waals surface area contributed by atoms with Crippen molar-refractivity contribution in [3.05, 3.63) is 59.4 Å². The molecule has 1 heterocycles. The Kier molecular flexibility index (Phi) is 5.74. The number of hydrogen-bond donors (Lipinski definition) is 2. The summed E-state index contributed by atoms with van der Waals surface area (Å²) in [5.74, 6) is -0.263. The largest absolute Gasteiger partial charge is 0.457 e. The number of ether oxygens (including phenoxy) is 1. The lowest BCUT2D eigenvalue weighted by molar-refractivity contribution is 0.320. The molecule has 2 aromatic rings. The maximum Gasteiger partial charge on any atom is 0.316 e. The van der Waals surface area contributed by atoms with Crippen molar-refractivity contribution in [2.24, 2.45) is 5.11 Å². The molecule has 0 fully saturated rings. The fourth-order valence-electron chi connectivity index (χ4n) is 1.75. The number of benzene rings is 1. The standard InChI is InChI=1S/C16H18FN5O/c1-3-12-7-20-16(21-8-12)23-10-14(22-18)9-19-13-4-5-15(17)11(2)6-13/h4-9,18-19H,3,10H2,1-2H3/b14-9-,22-18?. The van der Waals surface area contributed by atoms with Crippen LogP contribution >= 0.6 is 0 Å². The van der Waals surface area contributed by atoms with E-state index in [1.807, 2.05) is 6.92 Å². The number of nitrogens with one attached hydrogen (secondary N) is 2. The van der Waals surface area contributed by atoms with E-state index in [0.717, 1.165) is 12.0 Å². The van der Waals surface area contributed by atoms with Gasteiger partial charge in [0.1, 0.15) is 18.1 Å². The topological polar surface area (TPSA) is 83.2 Å². The predicted molar refractivity (Wildman–Crippen MR) is 84.9 cm³/mol. The van der Waals surface area contributed by atoms with E-state index in [9.17, 15) is 4.39 Å². The average Bonchev–Trinajstić information content (AvgIpc) is 2.58. The van der Waals surface area contributed by atoms with Crippen LogP contribution in [0.5, 0.6) is 6.01 Å². The van der Waals surface area contributed by atoms with Crippen LogP contribution in [0.1, 0.15) is 18.1 Å². The summed E-state index contributed by atoms with van der Waals surface area (Å²) in [4.78, 5) is 8.14. The van der Waals surface area contributed by atoms with Gasteiger partial charge in [-0.05, 0) is 42.7 Å². The molecule has 0 saturated heterocycles. The third-order valence-electron chi connectivity index (χ3n) is 3.15. The number of hydrogen-bond acceptors (Lipinski definition) is 6. The first-order valence-corrected chi connectivity index (χ1v) is 7.15. The minimum atomic E-state index is -0.263. The first-order valence-electron chi connectivity index (χ1n) is 7.15. The Hall–Kier alpha value is -2.83. The zero-order chi connectivity index (χ0) is 16.7. The average molecular weight is 315 g/mol. The molecule has 1 aromatic heterocycles. The third kappa shape index (κ3) is 4.84. The molecule has 0 amide bonds. The molecule has 120 valence electrons. The molecule has 0 aliphatic heterocycles. The molecule has 0 aliphatic rings. The maximum atomic E-state index is 13.2. The summed E-state index contributed by atoms with van der Waals surface area (Å²) in [5.41, 5.74) is 9.78. The Bertz CT molecular complexity index is 700. The lowest BCUT2D eigenvalue weighted by Crippen LogP contribution is -2.04. The molecule has 0 radical (unpaired) electrons. The van der Waals surface area contributed by atoms with Crippen LogP contribution in [0.3, 0.4) is 0 Å². The van der Waals surface area contributed by atoms with E-state index in [4.69, 9.17) is 10.3 Å². The lowest BCUT2D eigenvalue weighted by atomic mass is 10.2. The SMILES string of the molecule is CCc1cnc(OC/C(=C/Nc2ccc(F)c(C)c2)N=N)nc1. The highest BCUT2D eigenvalue weighted by Gasteiger charge is 2.02. The van der Waals surface area contributed by atoms with Gasteiger partial charge in [0, 0.05) is 24.3 Å². The number of rotatable bonds is 7. The molecule has 0 aliphatic carbocycles. The Balaban J connectivity index is 1.95. The number of halogens is 1. The van der Waals surface area contributed by atoms with Crippen molar-refractivity contribution in [1.29, 1.82) is 5.53 Å². The molecule has 2 rings (SSSR count). The van der Waals surface area contributed by atoms with E-state index < -0.39 is 0 Å². The Morgan fingerprint density at radius 3 is 2.74 bits per heavy atom. The zero-order valence-electron chi connectivity index (χ0n) is 13.0. The molecule has 2 N–H and O–H groups in total. The molecule has 7 heteroatoms. The van der Waals surface area contributed by atoms with Crippen LogP contribution in [0.25, 0.3) is 0 Å². The highest BCUT2D eigenvalue weighted by Crippen LogP contribution is 2.14. The van der Waals surface area contributed by atoms with Gasteiger partial charge >= 0.3 is 6.01 Å². The van der Waals surface area contributed by atoms with Crippen molar-refractivity contribution >= 4 is 5.69 Å². The van der Waals surface area contributed by atoms with Gasteiger partial charge in [0.15, 0.2) is 0 Å². The van der Waals surface area contributed by atoms with E-state index in [1.54, 1.807) is 31.5 Å². The van der Waals surface area contributed by atoms with Crippen LogP contribution in [0.4, 0.5) is 10.1 Å². The monoisotopic (exact) mass is 315 g/mol. The van der Waals surface area contributed by atoms with Gasteiger partial charge in [-0.15, -0.1) is 0 Å². The summed E-state index contributed by atoms with van der Waals surface area (Å²) in [6.07, 6.45) is 5.78. The first-order chi connectivity index (χ1) is 11.1. The van der Waals surface area contributed by atoms with Crippen molar-refractivity contribution in [1.82, 2.24) is 9.97 Å². The summed E-state index contributed by atoms with van der Waals surface area (Å²) in [7, 11) is 0. The molecule has 0 spiro atoms. The number of aromatic nitrogens is 2. The van der Waals surface area contributed by atoms with Crippen LogP contribution in [-0.4, -0.2) is 16.6 Å². The number of nitrogens with zero attached hydrogens (tertiary/aromatic N) is 3. The normalized spacial score (nSPS) is 11.2. The summed E-state index contributed by atoms with van der Waals surface area (Å²) in [5, 5.41) is 6.34. The fraction of sp³-hybridized carbons (Fsp3) is 0.250. The Morgan fingerprint density at radius 1 is 1.39 bits per heavy atom. The molecule has 0 bridgehead atoms. The molecule has 1 aromatic carbocycles. The van der Waals surface area contributed by atoms with Gasteiger partial charge in [-0.25, -0.2) is 19.9 Å². The fourth-order valence-corrected chi connectivity index (χ4v) is 1.75. The van der Waals surface area contributed by atoms with Crippen molar-refractivity contribution < 1.29 is 9.13 Å².